The Morgan fingerprint density at radius 2 is 2.18 bits per heavy atom. The van der Waals surface area contributed by atoms with Crippen molar-refractivity contribution >= 4 is 29.1 Å². The third-order valence-corrected chi connectivity index (χ3v) is 4.92. The topological polar surface area (TPSA) is 62.1 Å². The Morgan fingerprint density at radius 3 is 2.73 bits per heavy atom. The molecule has 0 aromatic heterocycles. The van der Waals surface area contributed by atoms with E-state index >= 15 is 0 Å². The Bertz CT molecular complexity index is 623. The summed E-state index contributed by atoms with van der Waals surface area (Å²) in [4.78, 5) is 12.1. The molecule has 1 unspecified atom stereocenters. The number of rotatable bonds is 6. The summed E-state index contributed by atoms with van der Waals surface area (Å²) in [6.07, 6.45) is 2.54. The second kappa shape index (κ2) is 6.76. The number of benzene rings is 1. The number of nitrogens with one attached hydrogen (secondary N) is 1. The molecule has 1 aliphatic carbocycles. The van der Waals surface area contributed by atoms with Crippen LogP contribution in [0.15, 0.2) is 12.1 Å². The van der Waals surface area contributed by atoms with E-state index < -0.39 is 5.54 Å². The summed E-state index contributed by atoms with van der Waals surface area (Å²) >= 11 is 12.1. The minimum absolute atomic E-state index is 0.184. The highest BCUT2D eigenvalue weighted by Crippen LogP contribution is 2.41. The van der Waals surface area contributed by atoms with Gasteiger partial charge in [0.1, 0.15) is 11.3 Å². The molecule has 1 amide bonds. The molecule has 0 aliphatic heterocycles. The fourth-order valence-corrected chi connectivity index (χ4v) is 2.86. The molecule has 0 heterocycles. The zero-order chi connectivity index (χ0) is 16.3. The number of carbonyl (C=O) groups excluding carboxylic acids is 1. The van der Waals surface area contributed by atoms with Crippen molar-refractivity contribution in [3.8, 4) is 11.8 Å². The van der Waals surface area contributed by atoms with Gasteiger partial charge in [0.05, 0.1) is 11.1 Å². The van der Waals surface area contributed by atoms with Crippen LogP contribution in [-0.2, 0) is 4.79 Å². The zero-order valence-electron chi connectivity index (χ0n) is 12.6. The fraction of sp³-hybridized carbons (Fsp3) is 0.500. The molecular formula is C16H18Cl2N2O2. The van der Waals surface area contributed by atoms with Gasteiger partial charge in [0.2, 0.25) is 0 Å². The Kier molecular flexibility index (Phi) is 5.20. The van der Waals surface area contributed by atoms with Gasteiger partial charge in [0.25, 0.3) is 5.91 Å². The summed E-state index contributed by atoms with van der Waals surface area (Å²) < 4.78 is 5.46. The van der Waals surface area contributed by atoms with Crippen molar-refractivity contribution < 1.29 is 9.53 Å². The summed E-state index contributed by atoms with van der Waals surface area (Å²) in [5, 5.41) is 13.1. The Labute approximate surface area is 140 Å². The maximum Gasteiger partial charge on any atom is 0.259 e. The third kappa shape index (κ3) is 3.48. The second-order valence-corrected chi connectivity index (χ2v) is 6.32. The van der Waals surface area contributed by atoms with Gasteiger partial charge in [-0.3, -0.25) is 4.79 Å². The van der Waals surface area contributed by atoms with Crippen LogP contribution < -0.4 is 10.1 Å². The average Bonchev–Trinajstić information content (AvgIpc) is 3.35. The van der Waals surface area contributed by atoms with Gasteiger partial charge in [0.15, 0.2) is 6.61 Å². The van der Waals surface area contributed by atoms with Crippen LogP contribution in [0.3, 0.4) is 0 Å². The number of halogens is 2. The summed E-state index contributed by atoms with van der Waals surface area (Å²) in [7, 11) is 0. The van der Waals surface area contributed by atoms with Crippen molar-refractivity contribution in [1.29, 1.82) is 5.26 Å². The van der Waals surface area contributed by atoms with Crippen LogP contribution in [0.2, 0.25) is 10.0 Å². The number of nitrogens with zero attached hydrogens (tertiary/aromatic N) is 1. The zero-order valence-corrected chi connectivity index (χ0v) is 14.1. The largest absolute Gasteiger partial charge is 0.482 e. The summed E-state index contributed by atoms with van der Waals surface area (Å²) in [5.41, 5.74) is -0.0701. The highest BCUT2D eigenvalue weighted by atomic mass is 35.5. The van der Waals surface area contributed by atoms with Crippen LogP contribution in [0.25, 0.3) is 0 Å². The number of ether oxygens (including phenoxy) is 1. The number of hydrogen-bond acceptors (Lipinski definition) is 3. The van der Waals surface area contributed by atoms with Crippen LogP contribution in [0.4, 0.5) is 0 Å². The highest BCUT2D eigenvalue weighted by Gasteiger charge is 2.45. The van der Waals surface area contributed by atoms with Crippen molar-refractivity contribution in [2.75, 3.05) is 6.61 Å². The van der Waals surface area contributed by atoms with E-state index in [1.54, 1.807) is 19.1 Å². The first-order valence-corrected chi connectivity index (χ1v) is 7.98. The summed E-state index contributed by atoms with van der Waals surface area (Å²) in [6.45, 7) is 3.50. The van der Waals surface area contributed by atoms with Crippen LogP contribution >= 0.6 is 23.2 Å². The molecule has 0 spiro atoms. The fourth-order valence-electron chi connectivity index (χ4n) is 2.43. The van der Waals surface area contributed by atoms with Crippen LogP contribution in [0.1, 0.15) is 31.7 Å². The van der Waals surface area contributed by atoms with Crippen molar-refractivity contribution in [2.45, 2.75) is 38.6 Å². The lowest BCUT2D eigenvalue weighted by atomic mass is 9.92. The van der Waals surface area contributed by atoms with Gasteiger partial charge in [-0.25, -0.2) is 0 Å². The van der Waals surface area contributed by atoms with Gasteiger partial charge in [-0.2, -0.15) is 5.26 Å². The van der Waals surface area contributed by atoms with E-state index in [0.29, 0.717) is 27.8 Å². The molecule has 1 aromatic rings. The predicted molar refractivity (Wildman–Crippen MR) is 86.2 cm³/mol. The molecule has 22 heavy (non-hydrogen) atoms. The minimum atomic E-state index is -0.778. The maximum absolute atomic E-state index is 12.1. The lowest BCUT2D eigenvalue weighted by molar-refractivity contribution is -0.124. The van der Waals surface area contributed by atoms with Gasteiger partial charge < -0.3 is 10.1 Å². The smallest absolute Gasteiger partial charge is 0.259 e. The predicted octanol–water partition coefficient (Wildman–Crippen LogP) is 3.88. The minimum Gasteiger partial charge on any atom is -0.482 e. The average molecular weight is 341 g/mol. The number of carbonyl (C=O) groups is 1. The first-order valence-electron chi connectivity index (χ1n) is 7.23. The Balaban J connectivity index is 1.99. The quantitative estimate of drug-likeness (QED) is 0.854. The Morgan fingerprint density at radius 1 is 1.50 bits per heavy atom. The molecule has 1 aliphatic rings. The normalized spacial score (nSPS) is 16.5. The standard InChI is InChI=1S/C16H18Cl2N2O2/c1-3-16(9-19,11-4-5-11)20-14(21)8-22-13-7-6-12(17)10(2)15(13)18/h6-7,11H,3-5,8H2,1-2H3,(H,20,21). The van der Waals surface area contributed by atoms with Crippen molar-refractivity contribution in [1.82, 2.24) is 5.32 Å². The lowest BCUT2D eigenvalue weighted by Crippen LogP contribution is -2.50. The molecule has 2 rings (SSSR count). The maximum atomic E-state index is 12.1. The molecule has 1 saturated carbocycles. The van der Waals surface area contributed by atoms with E-state index in [-0.39, 0.29) is 18.4 Å². The number of nitriles is 1. The van der Waals surface area contributed by atoms with E-state index in [2.05, 4.69) is 11.4 Å². The number of amides is 1. The van der Waals surface area contributed by atoms with Crippen LogP contribution in [0, 0.1) is 24.2 Å². The molecule has 1 aromatic carbocycles. The number of hydrogen-bond donors (Lipinski definition) is 1. The van der Waals surface area contributed by atoms with Crippen LogP contribution in [-0.4, -0.2) is 18.1 Å². The molecule has 1 N–H and O–H groups in total. The monoisotopic (exact) mass is 340 g/mol. The van der Waals surface area contributed by atoms with Crippen molar-refractivity contribution in [2.24, 2.45) is 5.92 Å². The van der Waals surface area contributed by atoms with Gasteiger partial charge in [-0.05, 0) is 49.8 Å². The SMILES string of the molecule is CCC(C#N)(NC(=O)COc1ccc(Cl)c(C)c1Cl)C1CC1. The molecular weight excluding hydrogens is 323 g/mol. The van der Waals surface area contributed by atoms with Gasteiger partial charge in [-0.1, -0.05) is 30.1 Å². The van der Waals surface area contributed by atoms with Gasteiger partial charge >= 0.3 is 0 Å². The van der Waals surface area contributed by atoms with E-state index in [9.17, 15) is 10.1 Å². The van der Waals surface area contributed by atoms with Gasteiger partial charge in [0, 0.05) is 5.02 Å². The highest BCUT2D eigenvalue weighted by molar-refractivity contribution is 6.36. The molecule has 4 nitrogen and oxygen atoms in total. The van der Waals surface area contributed by atoms with E-state index in [1.165, 1.54) is 0 Å². The Hall–Kier alpha value is -1.44. The van der Waals surface area contributed by atoms with E-state index in [1.807, 2.05) is 6.92 Å². The lowest BCUT2D eigenvalue weighted by Gasteiger charge is -2.26. The van der Waals surface area contributed by atoms with Gasteiger partial charge in [-0.15, -0.1) is 0 Å². The summed E-state index contributed by atoms with van der Waals surface area (Å²) in [6, 6.07) is 5.55. The molecule has 6 heteroatoms. The molecule has 0 saturated heterocycles. The molecule has 0 bridgehead atoms. The van der Waals surface area contributed by atoms with E-state index in [4.69, 9.17) is 27.9 Å². The molecule has 1 atom stereocenters. The van der Waals surface area contributed by atoms with Crippen LogP contribution in [0.5, 0.6) is 5.75 Å². The van der Waals surface area contributed by atoms with Crippen molar-refractivity contribution in [3.05, 3.63) is 27.7 Å². The van der Waals surface area contributed by atoms with E-state index in [0.717, 1.165) is 12.8 Å². The second-order valence-electron chi connectivity index (χ2n) is 5.53. The van der Waals surface area contributed by atoms with Crippen molar-refractivity contribution in [3.63, 3.8) is 0 Å². The molecule has 0 radical (unpaired) electrons. The first kappa shape index (κ1) is 16.9. The molecule has 1 fully saturated rings. The summed E-state index contributed by atoms with van der Waals surface area (Å²) in [5.74, 6) is 0.330. The third-order valence-electron chi connectivity index (χ3n) is 4.04. The first-order chi connectivity index (χ1) is 10.4. The molecule has 118 valence electrons.